The van der Waals surface area contributed by atoms with Crippen molar-refractivity contribution in [3.63, 3.8) is 0 Å². The number of carbonyl (C=O) groups is 1. The van der Waals surface area contributed by atoms with Crippen LogP contribution in [0.3, 0.4) is 0 Å². The van der Waals surface area contributed by atoms with E-state index in [1.54, 1.807) is 0 Å². The average molecular weight is 480 g/mol. The summed E-state index contributed by atoms with van der Waals surface area (Å²) < 4.78 is 12.4. The number of rotatable bonds is 6. The Morgan fingerprint density at radius 3 is 2.09 bits per heavy atom. The highest BCUT2D eigenvalue weighted by atomic mass is 16.5. The van der Waals surface area contributed by atoms with Crippen molar-refractivity contribution < 1.29 is 19.4 Å². The molecule has 1 saturated heterocycles. The molecule has 1 N–H and O–H groups in total. The molecule has 1 aliphatic heterocycles. The Labute approximate surface area is 207 Å². The zero-order chi connectivity index (χ0) is 24.0. The maximum Gasteiger partial charge on any atom is 0.407 e. The summed E-state index contributed by atoms with van der Waals surface area (Å²) in [4.78, 5) is 12.6. The number of amides is 1. The molecule has 7 nitrogen and oxygen atoms in total. The maximum atomic E-state index is 11.2. The van der Waals surface area contributed by atoms with Crippen molar-refractivity contribution in [3.05, 3.63) is 36.0 Å². The van der Waals surface area contributed by atoms with Gasteiger partial charge in [0.15, 0.2) is 0 Å². The van der Waals surface area contributed by atoms with Gasteiger partial charge in [-0.15, -0.1) is 5.10 Å². The third-order valence-corrected chi connectivity index (χ3v) is 7.81. The highest BCUT2D eigenvalue weighted by Crippen LogP contribution is 2.38. The van der Waals surface area contributed by atoms with Crippen molar-refractivity contribution in [1.29, 1.82) is 0 Å². The Balaban J connectivity index is 1.34. The Morgan fingerprint density at radius 2 is 1.43 bits per heavy atom. The van der Waals surface area contributed by atoms with Gasteiger partial charge in [0.25, 0.3) is 0 Å². The van der Waals surface area contributed by atoms with Crippen LogP contribution in [0.25, 0.3) is 11.1 Å². The molecule has 0 spiro atoms. The number of aromatic nitrogens is 2. The lowest BCUT2D eigenvalue weighted by molar-refractivity contribution is 0.0865. The van der Waals surface area contributed by atoms with Crippen LogP contribution in [0.2, 0.25) is 0 Å². The predicted molar refractivity (Wildman–Crippen MR) is 134 cm³/mol. The lowest BCUT2D eigenvalue weighted by Gasteiger charge is -2.30. The second kappa shape index (κ2) is 11.3. The zero-order valence-electron chi connectivity index (χ0n) is 20.5. The molecular formula is C28H37N3O4. The van der Waals surface area contributed by atoms with E-state index in [0.29, 0.717) is 43.8 Å². The van der Waals surface area contributed by atoms with Crippen LogP contribution in [-0.2, 0) is 0 Å². The molecule has 0 unspecified atom stereocenters. The normalized spacial score (nSPS) is 20.5. The smallest absolute Gasteiger partial charge is 0.407 e. The first-order valence-electron chi connectivity index (χ1n) is 13.4. The monoisotopic (exact) mass is 479 g/mol. The molecule has 1 aromatic carbocycles. The fourth-order valence-electron chi connectivity index (χ4n) is 5.77. The van der Waals surface area contributed by atoms with E-state index in [1.165, 1.54) is 43.4 Å². The van der Waals surface area contributed by atoms with Gasteiger partial charge < -0.3 is 19.5 Å². The van der Waals surface area contributed by atoms with E-state index in [4.69, 9.17) is 14.6 Å². The Hall–Kier alpha value is -2.83. The van der Waals surface area contributed by atoms with Crippen molar-refractivity contribution in [2.24, 2.45) is 0 Å². The molecule has 2 aliphatic carbocycles. The lowest BCUT2D eigenvalue weighted by Crippen LogP contribution is -2.41. The largest absolute Gasteiger partial charge is 0.490 e. The van der Waals surface area contributed by atoms with E-state index in [-0.39, 0.29) is 6.10 Å². The van der Waals surface area contributed by atoms with Gasteiger partial charge in [0.2, 0.25) is 5.88 Å². The fourth-order valence-corrected chi connectivity index (χ4v) is 5.77. The van der Waals surface area contributed by atoms with Crippen LogP contribution in [0.15, 0.2) is 30.3 Å². The van der Waals surface area contributed by atoms with E-state index in [0.717, 1.165) is 48.3 Å². The third-order valence-electron chi connectivity index (χ3n) is 7.81. The molecule has 3 fully saturated rings. The third kappa shape index (κ3) is 6.06. The first-order chi connectivity index (χ1) is 17.2. The van der Waals surface area contributed by atoms with Crippen LogP contribution in [0.4, 0.5) is 4.79 Å². The van der Waals surface area contributed by atoms with Gasteiger partial charge in [0, 0.05) is 43.5 Å². The number of benzene rings is 1. The van der Waals surface area contributed by atoms with Gasteiger partial charge in [-0.05, 0) is 56.2 Å². The average Bonchev–Trinajstić information content (AvgIpc) is 2.90. The second-order valence-corrected chi connectivity index (χ2v) is 10.3. The summed E-state index contributed by atoms with van der Waals surface area (Å²) in [6.45, 7) is 0.978. The molecule has 1 aromatic heterocycles. The van der Waals surface area contributed by atoms with E-state index < -0.39 is 6.09 Å². The molecule has 1 amide bonds. The van der Waals surface area contributed by atoms with Crippen LogP contribution in [0, 0.1) is 0 Å². The van der Waals surface area contributed by atoms with Crippen LogP contribution < -0.4 is 9.47 Å². The molecule has 188 valence electrons. The lowest BCUT2D eigenvalue weighted by atomic mass is 9.84. The van der Waals surface area contributed by atoms with Gasteiger partial charge in [0.1, 0.15) is 11.9 Å². The van der Waals surface area contributed by atoms with E-state index >= 15 is 0 Å². The highest BCUT2D eigenvalue weighted by Gasteiger charge is 2.26. The van der Waals surface area contributed by atoms with E-state index in [2.05, 4.69) is 29.4 Å². The van der Waals surface area contributed by atoms with Crippen LogP contribution in [-0.4, -0.2) is 51.6 Å². The first-order valence-corrected chi connectivity index (χ1v) is 13.4. The number of piperidine rings is 1. The van der Waals surface area contributed by atoms with Gasteiger partial charge in [-0.25, -0.2) is 4.79 Å². The van der Waals surface area contributed by atoms with Crippen molar-refractivity contribution in [2.45, 2.75) is 95.2 Å². The number of hydrogen-bond acceptors (Lipinski definition) is 5. The summed E-state index contributed by atoms with van der Waals surface area (Å²) in [6, 6.07) is 10.5. The molecule has 0 bridgehead atoms. The fraction of sp³-hybridized carbons (Fsp3) is 0.607. The number of carboxylic acid groups (broad SMARTS) is 1. The standard InChI is InChI=1S/C28H37N3O4/c32-28(33)31-17-15-24(16-18-31)35-26-19-25(27(30-29-26)21-7-3-1-4-8-21)20-11-13-23(14-12-20)34-22-9-5-2-6-10-22/h11-14,19,21-22,24H,1-10,15-18H2,(H,32,33). The SMILES string of the molecule is O=C(O)N1CCC(Oc2cc(-c3ccc(OC4CCCCC4)cc3)c(C3CCCCC3)nn2)CC1. The molecule has 7 heteroatoms. The number of likely N-dealkylation sites (tertiary alicyclic amines) is 1. The van der Waals surface area contributed by atoms with Gasteiger partial charge in [-0.2, -0.15) is 5.10 Å². The molecule has 5 rings (SSSR count). The molecule has 0 atom stereocenters. The summed E-state index contributed by atoms with van der Waals surface area (Å²) >= 11 is 0. The number of ether oxygens (including phenoxy) is 2. The Morgan fingerprint density at radius 1 is 0.800 bits per heavy atom. The van der Waals surface area contributed by atoms with Crippen LogP contribution in [0.5, 0.6) is 11.6 Å². The second-order valence-electron chi connectivity index (χ2n) is 10.3. The summed E-state index contributed by atoms with van der Waals surface area (Å²) in [5.74, 6) is 1.89. The molecule has 2 aromatic rings. The molecule has 2 saturated carbocycles. The summed E-state index contributed by atoms with van der Waals surface area (Å²) in [5.41, 5.74) is 3.27. The number of nitrogens with zero attached hydrogens (tertiary/aromatic N) is 3. The van der Waals surface area contributed by atoms with Crippen molar-refractivity contribution >= 4 is 6.09 Å². The molecule has 2 heterocycles. The Bertz CT molecular complexity index is 976. The van der Waals surface area contributed by atoms with Crippen LogP contribution in [0.1, 0.15) is 88.7 Å². The summed E-state index contributed by atoms with van der Waals surface area (Å²) in [5, 5.41) is 18.3. The van der Waals surface area contributed by atoms with Gasteiger partial charge in [0.05, 0.1) is 11.8 Å². The highest BCUT2D eigenvalue weighted by molar-refractivity contribution is 5.68. The van der Waals surface area contributed by atoms with E-state index in [1.807, 2.05) is 6.07 Å². The minimum Gasteiger partial charge on any atom is -0.490 e. The van der Waals surface area contributed by atoms with E-state index in [9.17, 15) is 9.90 Å². The quantitative estimate of drug-likeness (QED) is 0.514. The minimum absolute atomic E-state index is 0.0421. The first kappa shape index (κ1) is 23.9. The van der Waals surface area contributed by atoms with Crippen LogP contribution >= 0.6 is 0 Å². The van der Waals surface area contributed by atoms with Gasteiger partial charge >= 0.3 is 6.09 Å². The topological polar surface area (TPSA) is 84.8 Å². The molecule has 0 radical (unpaired) electrons. The molecule has 35 heavy (non-hydrogen) atoms. The molecular weight excluding hydrogens is 442 g/mol. The number of hydrogen-bond donors (Lipinski definition) is 1. The van der Waals surface area contributed by atoms with Gasteiger partial charge in [-0.1, -0.05) is 37.8 Å². The van der Waals surface area contributed by atoms with Gasteiger partial charge in [-0.3, -0.25) is 0 Å². The summed E-state index contributed by atoms with van der Waals surface area (Å²) in [7, 11) is 0. The minimum atomic E-state index is -0.863. The van der Waals surface area contributed by atoms with Crippen molar-refractivity contribution in [2.75, 3.05) is 13.1 Å². The maximum absolute atomic E-state index is 11.2. The Kier molecular flexibility index (Phi) is 7.69. The predicted octanol–water partition coefficient (Wildman–Crippen LogP) is 6.42. The summed E-state index contributed by atoms with van der Waals surface area (Å²) in [6.07, 6.45) is 13.0. The zero-order valence-corrected chi connectivity index (χ0v) is 20.5. The van der Waals surface area contributed by atoms with Crippen molar-refractivity contribution in [3.8, 4) is 22.8 Å². The van der Waals surface area contributed by atoms with Crippen molar-refractivity contribution in [1.82, 2.24) is 15.1 Å². The molecule has 3 aliphatic rings.